The van der Waals surface area contributed by atoms with Crippen molar-refractivity contribution >= 4 is 50.7 Å². The highest BCUT2D eigenvalue weighted by molar-refractivity contribution is 9.11. The van der Waals surface area contributed by atoms with Crippen LogP contribution in [0.5, 0.6) is 5.75 Å². The van der Waals surface area contributed by atoms with E-state index in [-0.39, 0.29) is 6.61 Å². The van der Waals surface area contributed by atoms with E-state index in [0.29, 0.717) is 15.6 Å². The molecule has 1 aromatic carbocycles. The fourth-order valence-electron chi connectivity index (χ4n) is 1.52. The third kappa shape index (κ3) is 4.72. The second-order valence-corrected chi connectivity index (χ2v) is 7.20. The van der Waals surface area contributed by atoms with E-state index in [1.807, 2.05) is 13.0 Å². The number of benzene rings is 1. The summed E-state index contributed by atoms with van der Waals surface area (Å²) in [6, 6.07) is 8.68. The summed E-state index contributed by atoms with van der Waals surface area (Å²) < 4.78 is 6.16. The maximum absolute atomic E-state index is 11.7. The van der Waals surface area contributed by atoms with Gasteiger partial charge in [0.05, 0.1) is 13.7 Å². The van der Waals surface area contributed by atoms with Crippen LogP contribution in [0.25, 0.3) is 0 Å². The summed E-state index contributed by atoms with van der Waals surface area (Å²) in [7, 11) is 0. The van der Waals surface area contributed by atoms with Crippen LogP contribution in [0, 0.1) is 6.92 Å². The summed E-state index contributed by atoms with van der Waals surface area (Å²) in [6.07, 6.45) is 0. The maximum atomic E-state index is 11.7. The highest BCUT2D eigenvalue weighted by Crippen LogP contribution is 2.25. The van der Waals surface area contributed by atoms with Gasteiger partial charge < -0.3 is 4.74 Å². The van der Waals surface area contributed by atoms with E-state index < -0.39 is 11.8 Å². The molecule has 1 aromatic heterocycles. The Hall–Kier alpha value is -1.57. The predicted molar refractivity (Wildman–Crippen MR) is 89.3 cm³/mol. The Morgan fingerprint density at radius 1 is 1.27 bits per heavy atom. The van der Waals surface area contributed by atoms with Crippen molar-refractivity contribution in [2.24, 2.45) is 0 Å². The Balaban J connectivity index is 1.81. The van der Waals surface area contributed by atoms with Gasteiger partial charge in [0, 0.05) is 0 Å². The number of carbonyl (C=O) groups is 2. The van der Waals surface area contributed by atoms with Crippen LogP contribution >= 0.6 is 38.9 Å². The monoisotopic (exact) mass is 402 g/mol. The Bertz CT molecular complexity index is 705. The van der Waals surface area contributed by atoms with Crippen molar-refractivity contribution < 1.29 is 14.3 Å². The second kappa shape index (κ2) is 7.62. The largest absolute Gasteiger partial charge is 0.482 e. The molecule has 0 unspecified atom stereocenters. The first-order valence-electron chi connectivity index (χ1n) is 6.19. The lowest BCUT2D eigenvalue weighted by atomic mass is 10.2. The quantitative estimate of drug-likeness (QED) is 0.770. The van der Waals surface area contributed by atoms with Crippen LogP contribution in [0.3, 0.4) is 0 Å². The van der Waals surface area contributed by atoms with E-state index in [1.165, 1.54) is 11.3 Å². The summed E-state index contributed by atoms with van der Waals surface area (Å²) in [5, 5.41) is 0.422. The van der Waals surface area contributed by atoms with Gasteiger partial charge in [0.2, 0.25) is 0 Å². The lowest BCUT2D eigenvalue weighted by Crippen LogP contribution is -2.43. The van der Waals surface area contributed by atoms with Gasteiger partial charge in [0.1, 0.15) is 5.75 Å². The minimum atomic E-state index is -0.485. The van der Waals surface area contributed by atoms with Gasteiger partial charge in [-0.25, -0.2) is 0 Å². The van der Waals surface area contributed by atoms with Gasteiger partial charge in [-0.3, -0.25) is 20.4 Å². The SMILES string of the molecule is Cc1ccc(Cl)c(OCC(=O)NNC(=O)c2ccc(Br)s2)c1. The van der Waals surface area contributed by atoms with Crippen molar-refractivity contribution in [1.82, 2.24) is 10.9 Å². The fraction of sp³-hybridized carbons (Fsp3) is 0.143. The topological polar surface area (TPSA) is 67.4 Å². The van der Waals surface area contributed by atoms with Gasteiger partial charge in [-0.2, -0.15) is 0 Å². The normalized spacial score (nSPS) is 10.1. The van der Waals surface area contributed by atoms with E-state index >= 15 is 0 Å². The number of ether oxygens (including phenoxy) is 1. The van der Waals surface area contributed by atoms with Crippen molar-refractivity contribution in [3.63, 3.8) is 0 Å². The molecule has 22 heavy (non-hydrogen) atoms. The third-order valence-electron chi connectivity index (χ3n) is 2.56. The number of aryl methyl sites for hydroxylation is 1. The van der Waals surface area contributed by atoms with Crippen molar-refractivity contribution in [1.29, 1.82) is 0 Å². The molecule has 0 saturated carbocycles. The Morgan fingerprint density at radius 3 is 2.73 bits per heavy atom. The average Bonchev–Trinajstić information content (AvgIpc) is 2.92. The zero-order valence-corrected chi connectivity index (χ0v) is 14.6. The molecule has 5 nitrogen and oxygen atoms in total. The molecule has 0 spiro atoms. The number of rotatable bonds is 4. The van der Waals surface area contributed by atoms with Gasteiger partial charge >= 0.3 is 0 Å². The number of halogens is 2. The standard InChI is InChI=1S/C14H12BrClN2O3S/c1-8-2-3-9(16)10(6-8)21-7-13(19)17-18-14(20)11-4-5-12(15)22-11/h2-6H,7H2,1H3,(H,17,19)(H,18,20). The first-order valence-corrected chi connectivity index (χ1v) is 8.18. The molecular weight excluding hydrogens is 392 g/mol. The molecule has 0 aliphatic rings. The molecule has 116 valence electrons. The Morgan fingerprint density at radius 2 is 2.05 bits per heavy atom. The lowest BCUT2D eigenvalue weighted by molar-refractivity contribution is -0.123. The number of hydrogen-bond donors (Lipinski definition) is 2. The number of thiophene rings is 1. The van der Waals surface area contributed by atoms with Crippen molar-refractivity contribution in [3.8, 4) is 5.75 Å². The zero-order chi connectivity index (χ0) is 16.1. The van der Waals surface area contributed by atoms with Crippen molar-refractivity contribution in [2.75, 3.05) is 6.61 Å². The Kier molecular flexibility index (Phi) is 5.82. The average molecular weight is 404 g/mol. The maximum Gasteiger partial charge on any atom is 0.279 e. The molecule has 0 aliphatic carbocycles. The molecule has 0 atom stereocenters. The van der Waals surface area contributed by atoms with Gasteiger partial charge in [-0.1, -0.05) is 17.7 Å². The summed E-state index contributed by atoms with van der Waals surface area (Å²) >= 11 is 10.5. The smallest absolute Gasteiger partial charge is 0.279 e. The molecule has 0 aliphatic heterocycles. The molecule has 0 fully saturated rings. The first kappa shape index (κ1) is 16.8. The molecule has 2 N–H and O–H groups in total. The zero-order valence-electron chi connectivity index (χ0n) is 11.5. The third-order valence-corrected chi connectivity index (χ3v) is 4.49. The van der Waals surface area contributed by atoms with E-state index in [2.05, 4.69) is 26.8 Å². The molecule has 2 rings (SSSR count). The molecular formula is C14H12BrClN2O3S. The molecule has 0 saturated heterocycles. The van der Waals surface area contributed by atoms with Gasteiger partial charge in [-0.05, 0) is 52.7 Å². The first-order chi connectivity index (χ1) is 10.5. The van der Waals surface area contributed by atoms with E-state index in [4.69, 9.17) is 16.3 Å². The fourth-order valence-corrected chi connectivity index (χ4v) is 2.98. The van der Waals surface area contributed by atoms with Crippen LogP contribution in [0.2, 0.25) is 5.02 Å². The van der Waals surface area contributed by atoms with Crippen LogP contribution in [-0.2, 0) is 4.79 Å². The molecule has 8 heteroatoms. The van der Waals surface area contributed by atoms with Crippen LogP contribution in [0.4, 0.5) is 0 Å². The van der Waals surface area contributed by atoms with Crippen molar-refractivity contribution in [3.05, 3.63) is 49.6 Å². The van der Waals surface area contributed by atoms with E-state index in [1.54, 1.807) is 24.3 Å². The molecule has 0 radical (unpaired) electrons. The number of nitrogens with one attached hydrogen (secondary N) is 2. The summed E-state index contributed by atoms with van der Waals surface area (Å²) in [5.41, 5.74) is 5.56. The molecule has 1 heterocycles. The number of hydrazine groups is 1. The van der Waals surface area contributed by atoms with Gasteiger partial charge in [-0.15, -0.1) is 11.3 Å². The molecule has 0 bridgehead atoms. The minimum Gasteiger partial charge on any atom is -0.482 e. The number of carbonyl (C=O) groups excluding carboxylic acids is 2. The predicted octanol–water partition coefficient (Wildman–Crippen LogP) is 3.31. The molecule has 2 amide bonds. The summed E-state index contributed by atoms with van der Waals surface area (Å²) in [4.78, 5) is 23.9. The highest BCUT2D eigenvalue weighted by atomic mass is 79.9. The van der Waals surface area contributed by atoms with Crippen LogP contribution < -0.4 is 15.6 Å². The van der Waals surface area contributed by atoms with Gasteiger partial charge in [0.15, 0.2) is 6.61 Å². The van der Waals surface area contributed by atoms with E-state index in [0.717, 1.165) is 9.35 Å². The van der Waals surface area contributed by atoms with E-state index in [9.17, 15) is 9.59 Å². The van der Waals surface area contributed by atoms with Crippen molar-refractivity contribution in [2.45, 2.75) is 6.92 Å². The minimum absolute atomic E-state index is 0.252. The Labute approximate surface area is 144 Å². The van der Waals surface area contributed by atoms with Crippen LogP contribution in [0.1, 0.15) is 15.2 Å². The van der Waals surface area contributed by atoms with Gasteiger partial charge in [0.25, 0.3) is 11.8 Å². The number of amides is 2. The lowest BCUT2D eigenvalue weighted by Gasteiger charge is -2.09. The summed E-state index contributed by atoms with van der Waals surface area (Å²) in [5.74, 6) is -0.454. The summed E-state index contributed by atoms with van der Waals surface area (Å²) in [6.45, 7) is 1.64. The van der Waals surface area contributed by atoms with Crippen LogP contribution in [0.15, 0.2) is 34.1 Å². The highest BCUT2D eigenvalue weighted by Gasteiger charge is 2.10. The number of hydrogen-bond acceptors (Lipinski definition) is 4. The molecule has 2 aromatic rings. The second-order valence-electron chi connectivity index (χ2n) is 4.33. The van der Waals surface area contributed by atoms with Crippen LogP contribution in [-0.4, -0.2) is 18.4 Å².